The number of alkyl halides is 1. The Hall–Kier alpha value is -2.26. The van der Waals surface area contributed by atoms with Crippen LogP contribution in [0.15, 0.2) is 73.5 Å². The molecule has 0 aliphatic heterocycles. The largest absolute Gasteiger partial charge is 0.419 e. The highest BCUT2D eigenvalue weighted by atomic mass is 35.5. The normalized spacial score (nSPS) is 11.6. The van der Waals surface area contributed by atoms with Crippen molar-refractivity contribution in [1.29, 1.82) is 0 Å². The lowest BCUT2D eigenvalue weighted by atomic mass is 10.1. The van der Waals surface area contributed by atoms with E-state index in [0.29, 0.717) is 13.1 Å². The molecule has 2 aromatic rings. The molecule has 1 atom stereocenters. The number of carbonyl (C=O) groups is 1. The molecule has 4 heteroatoms. The third-order valence-corrected chi connectivity index (χ3v) is 4.72. The summed E-state index contributed by atoms with van der Waals surface area (Å²) in [7, 11) is 0. The first kappa shape index (κ1) is 20.1. The van der Waals surface area contributed by atoms with Crippen molar-refractivity contribution in [1.82, 2.24) is 4.90 Å². The van der Waals surface area contributed by atoms with Crippen LogP contribution in [0.1, 0.15) is 35.8 Å². The molecule has 0 aliphatic rings. The van der Waals surface area contributed by atoms with Crippen LogP contribution >= 0.6 is 11.6 Å². The Labute approximate surface area is 161 Å². The average Bonchev–Trinajstić information content (AvgIpc) is 2.68. The monoisotopic (exact) mass is 371 g/mol. The predicted molar refractivity (Wildman–Crippen MR) is 107 cm³/mol. The Morgan fingerprint density at radius 1 is 1.04 bits per heavy atom. The van der Waals surface area contributed by atoms with E-state index in [1.165, 1.54) is 11.8 Å². The fourth-order valence-electron chi connectivity index (χ4n) is 2.80. The Morgan fingerprint density at radius 2 is 1.69 bits per heavy atom. The van der Waals surface area contributed by atoms with Gasteiger partial charge >= 0.3 is 6.09 Å². The highest BCUT2D eigenvalue weighted by molar-refractivity contribution is 6.20. The standard InChI is InChI=1S/C22H26ClNO2/c1-2-26-22(25)24(18-16-19-11-5-3-6-12-19)17-10-9-15-21(23)20-13-7-4-8-14-20/h2-8,11-14,21H,1,9-10,15-18H2. The third-order valence-electron chi connectivity index (χ3n) is 4.25. The van der Waals surface area contributed by atoms with Crippen LogP contribution in [0.25, 0.3) is 0 Å². The second kappa shape index (κ2) is 11.4. The lowest BCUT2D eigenvalue weighted by molar-refractivity contribution is 0.137. The minimum Gasteiger partial charge on any atom is -0.419 e. The number of unbranched alkanes of at least 4 members (excludes halogenated alkanes) is 1. The van der Waals surface area contributed by atoms with E-state index in [1.54, 1.807) is 4.90 Å². The molecule has 0 heterocycles. The summed E-state index contributed by atoms with van der Waals surface area (Å²) in [6, 6.07) is 20.2. The van der Waals surface area contributed by atoms with Gasteiger partial charge < -0.3 is 9.64 Å². The second-order valence-electron chi connectivity index (χ2n) is 6.15. The van der Waals surface area contributed by atoms with E-state index in [1.807, 2.05) is 48.5 Å². The smallest absolute Gasteiger partial charge is 0.414 e. The lowest BCUT2D eigenvalue weighted by Gasteiger charge is -2.21. The van der Waals surface area contributed by atoms with Gasteiger partial charge in [0, 0.05) is 13.1 Å². The Morgan fingerprint density at radius 3 is 2.35 bits per heavy atom. The highest BCUT2D eigenvalue weighted by Gasteiger charge is 2.14. The van der Waals surface area contributed by atoms with Crippen molar-refractivity contribution < 1.29 is 9.53 Å². The number of halogens is 1. The second-order valence-corrected chi connectivity index (χ2v) is 6.67. The van der Waals surface area contributed by atoms with Crippen molar-refractivity contribution in [2.24, 2.45) is 0 Å². The number of hydrogen-bond donors (Lipinski definition) is 0. The highest BCUT2D eigenvalue weighted by Crippen LogP contribution is 2.25. The van der Waals surface area contributed by atoms with Gasteiger partial charge in [-0.3, -0.25) is 0 Å². The zero-order valence-electron chi connectivity index (χ0n) is 15.0. The van der Waals surface area contributed by atoms with Crippen molar-refractivity contribution in [2.45, 2.75) is 31.1 Å². The molecule has 0 saturated heterocycles. The average molecular weight is 372 g/mol. The van der Waals surface area contributed by atoms with Crippen LogP contribution in [0.5, 0.6) is 0 Å². The zero-order valence-corrected chi connectivity index (χ0v) is 15.8. The van der Waals surface area contributed by atoms with Gasteiger partial charge in [-0.15, -0.1) is 11.6 Å². The van der Waals surface area contributed by atoms with E-state index < -0.39 is 0 Å². The van der Waals surface area contributed by atoms with Crippen LogP contribution in [-0.2, 0) is 11.2 Å². The van der Waals surface area contributed by atoms with Gasteiger partial charge in [0.15, 0.2) is 0 Å². The molecule has 2 aromatic carbocycles. The predicted octanol–water partition coefficient (Wildman–Crippen LogP) is 5.96. The number of benzene rings is 2. The molecule has 26 heavy (non-hydrogen) atoms. The van der Waals surface area contributed by atoms with Crippen LogP contribution in [0.3, 0.4) is 0 Å². The summed E-state index contributed by atoms with van der Waals surface area (Å²) in [5.41, 5.74) is 2.34. The first-order valence-electron chi connectivity index (χ1n) is 9.00. The molecule has 0 aromatic heterocycles. The number of hydrogen-bond acceptors (Lipinski definition) is 2. The summed E-state index contributed by atoms with van der Waals surface area (Å²) in [4.78, 5) is 13.9. The van der Waals surface area contributed by atoms with Gasteiger partial charge in [-0.05, 0) is 36.8 Å². The molecule has 1 unspecified atom stereocenters. The van der Waals surface area contributed by atoms with Crippen molar-refractivity contribution in [3.8, 4) is 0 Å². The molecule has 0 N–H and O–H groups in total. The van der Waals surface area contributed by atoms with Crippen molar-refractivity contribution in [3.05, 3.63) is 84.6 Å². The Kier molecular flexibility index (Phi) is 8.77. The van der Waals surface area contributed by atoms with Gasteiger partial charge in [0.25, 0.3) is 0 Å². The van der Waals surface area contributed by atoms with E-state index >= 15 is 0 Å². The van der Waals surface area contributed by atoms with E-state index in [9.17, 15) is 4.79 Å². The number of rotatable bonds is 10. The maximum Gasteiger partial charge on any atom is 0.414 e. The number of carbonyl (C=O) groups excluding carboxylic acids is 1. The molecule has 0 fully saturated rings. The SMILES string of the molecule is C=COC(=O)N(CCCCC(Cl)c1ccccc1)CCc1ccccc1. The molecule has 3 nitrogen and oxygen atoms in total. The minimum atomic E-state index is -0.346. The molecule has 0 aliphatic carbocycles. The molecule has 0 saturated carbocycles. The van der Waals surface area contributed by atoms with E-state index in [4.69, 9.17) is 16.3 Å². The Bertz CT molecular complexity index is 660. The van der Waals surface area contributed by atoms with Gasteiger partial charge in [0.2, 0.25) is 0 Å². The van der Waals surface area contributed by atoms with Crippen molar-refractivity contribution in [3.63, 3.8) is 0 Å². The van der Waals surface area contributed by atoms with Crippen LogP contribution in [0, 0.1) is 0 Å². The fraction of sp³-hybridized carbons (Fsp3) is 0.318. The summed E-state index contributed by atoms with van der Waals surface area (Å²) in [6.45, 7) is 4.74. The third kappa shape index (κ3) is 6.93. The first-order valence-corrected chi connectivity index (χ1v) is 9.43. The molecule has 0 bridgehead atoms. The quantitative estimate of drug-likeness (QED) is 0.293. The number of ether oxygens (including phenoxy) is 1. The van der Waals surface area contributed by atoms with Gasteiger partial charge in [-0.1, -0.05) is 67.2 Å². The molecular weight excluding hydrogens is 346 g/mol. The summed E-state index contributed by atoms with van der Waals surface area (Å²) < 4.78 is 4.96. The summed E-state index contributed by atoms with van der Waals surface area (Å²) >= 11 is 6.46. The molecule has 138 valence electrons. The fourth-order valence-corrected chi connectivity index (χ4v) is 3.10. The summed E-state index contributed by atoms with van der Waals surface area (Å²) in [5, 5.41) is 0.00842. The number of nitrogens with zero attached hydrogens (tertiary/aromatic N) is 1. The van der Waals surface area contributed by atoms with Crippen LogP contribution in [-0.4, -0.2) is 24.1 Å². The summed E-state index contributed by atoms with van der Waals surface area (Å²) in [5.74, 6) is 0. The maximum atomic E-state index is 12.1. The van der Waals surface area contributed by atoms with Crippen LogP contribution < -0.4 is 0 Å². The van der Waals surface area contributed by atoms with Gasteiger partial charge in [0.1, 0.15) is 0 Å². The van der Waals surface area contributed by atoms with Crippen molar-refractivity contribution in [2.75, 3.05) is 13.1 Å². The minimum absolute atomic E-state index is 0.00842. The van der Waals surface area contributed by atoms with Gasteiger partial charge in [0.05, 0.1) is 11.6 Å². The van der Waals surface area contributed by atoms with E-state index in [-0.39, 0.29) is 11.5 Å². The van der Waals surface area contributed by atoms with Crippen LogP contribution in [0.4, 0.5) is 4.79 Å². The molecular formula is C22H26ClNO2. The van der Waals surface area contributed by atoms with Crippen LogP contribution in [0.2, 0.25) is 0 Å². The van der Waals surface area contributed by atoms with E-state index in [2.05, 4.69) is 18.7 Å². The lowest BCUT2D eigenvalue weighted by Crippen LogP contribution is -2.33. The molecule has 0 spiro atoms. The van der Waals surface area contributed by atoms with Gasteiger partial charge in [-0.25, -0.2) is 4.79 Å². The topological polar surface area (TPSA) is 29.5 Å². The number of amides is 1. The van der Waals surface area contributed by atoms with E-state index in [0.717, 1.165) is 31.2 Å². The Balaban J connectivity index is 1.78. The molecule has 1 amide bonds. The van der Waals surface area contributed by atoms with Crippen molar-refractivity contribution >= 4 is 17.7 Å². The maximum absolute atomic E-state index is 12.1. The first-order chi connectivity index (χ1) is 12.7. The summed E-state index contributed by atoms with van der Waals surface area (Å²) in [6.07, 6.45) is 4.36. The molecule has 2 rings (SSSR count). The molecule has 0 radical (unpaired) electrons. The van der Waals surface area contributed by atoms with Gasteiger partial charge in [-0.2, -0.15) is 0 Å². The zero-order chi connectivity index (χ0) is 18.6.